The van der Waals surface area contributed by atoms with Crippen molar-refractivity contribution in [3.63, 3.8) is 0 Å². The first-order valence-electron chi connectivity index (χ1n) is 9.95. The van der Waals surface area contributed by atoms with Crippen molar-refractivity contribution in [2.75, 3.05) is 43.1 Å². The van der Waals surface area contributed by atoms with Gasteiger partial charge in [-0.1, -0.05) is 0 Å². The second-order valence-electron chi connectivity index (χ2n) is 6.80. The van der Waals surface area contributed by atoms with Gasteiger partial charge in [-0.2, -0.15) is 4.80 Å². The fraction of sp³-hybridized carbons (Fsp3) is 0.333. The number of anilines is 2. The Labute approximate surface area is 174 Å². The number of aromatic nitrogens is 4. The van der Waals surface area contributed by atoms with Crippen LogP contribution in [0.1, 0.15) is 6.92 Å². The van der Waals surface area contributed by atoms with Crippen molar-refractivity contribution >= 4 is 17.3 Å². The molecule has 156 valence electrons. The summed E-state index contributed by atoms with van der Waals surface area (Å²) < 4.78 is 10.8. The minimum Gasteiger partial charge on any atom is -0.494 e. The summed E-state index contributed by atoms with van der Waals surface area (Å²) in [5, 5.41) is 15.2. The van der Waals surface area contributed by atoms with Crippen LogP contribution < -0.4 is 15.0 Å². The molecule has 9 nitrogen and oxygen atoms in total. The number of nitrogens with one attached hydrogen (secondary N) is 1. The molecule has 1 amide bonds. The molecule has 9 heteroatoms. The van der Waals surface area contributed by atoms with Gasteiger partial charge in [0.25, 0.3) is 0 Å². The summed E-state index contributed by atoms with van der Waals surface area (Å²) >= 11 is 0. The van der Waals surface area contributed by atoms with Gasteiger partial charge in [0, 0.05) is 30.0 Å². The quantitative estimate of drug-likeness (QED) is 0.640. The molecule has 2 aromatic carbocycles. The molecule has 1 aliphatic heterocycles. The molecule has 1 aliphatic rings. The van der Waals surface area contributed by atoms with Crippen LogP contribution in [-0.4, -0.2) is 59.0 Å². The van der Waals surface area contributed by atoms with E-state index in [0.717, 1.165) is 43.3 Å². The monoisotopic (exact) mass is 408 g/mol. The fourth-order valence-corrected chi connectivity index (χ4v) is 3.20. The van der Waals surface area contributed by atoms with E-state index in [4.69, 9.17) is 9.47 Å². The Bertz CT molecular complexity index is 965. The number of amides is 1. The van der Waals surface area contributed by atoms with Crippen LogP contribution >= 0.6 is 0 Å². The molecule has 0 bridgehead atoms. The smallest absolute Gasteiger partial charge is 0.248 e. The van der Waals surface area contributed by atoms with E-state index in [-0.39, 0.29) is 12.5 Å². The second kappa shape index (κ2) is 9.36. The lowest BCUT2D eigenvalue weighted by Gasteiger charge is -2.28. The van der Waals surface area contributed by atoms with Gasteiger partial charge in [-0.15, -0.1) is 10.2 Å². The topological polar surface area (TPSA) is 94.4 Å². The van der Waals surface area contributed by atoms with Gasteiger partial charge >= 0.3 is 0 Å². The molecule has 30 heavy (non-hydrogen) atoms. The molecule has 0 radical (unpaired) electrons. The highest BCUT2D eigenvalue weighted by Gasteiger charge is 2.13. The Kier molecular flexibility index (Phi) is 6.19. The molecule has 1 fully saturated rings. The van der Waals surface area contributed by atoms with Crippen LogP contribution in [0.5, 0.6) is 5.75 Å². The predicted octanol–water partition coefficient (Wildman–Crippen LogP) is 2.21. The van der Waals surface area contributed by atoms with E-state index >= 15 is 0 Å². The lowest BCUT2D eigenvalue weighted by Crippen LogP contribution is -2.36. The maximum absolute atomic E-state index is 12.3. The van der Waals surface area contributed by atoms with Gasteiger partial charge in [-0.05, 0) is 60.7 Å². The zero-order valence-electron chi connectivity index (χ0n) is 16.8. The van der Waals surface area contributed by atoms with Gasteiger partial charge in [0.05, 0.1) is 19.8 Å². The standard InChI is InChI=1S/C21H24N6O3/c1-2-30-19-9-5-17(6-10-19)22-20(28)15-27-24-21(23-25-27)16-3-7-18(8-4-16)26-11-13-29-14-12-26/h3-10H,2,11-15H2,1H3,(H,22,28). The Morgan fingerprint density at radius 3 is 2.53 bits per heavy atom. The van der Waals surface area contributed by atoms with Crippen LogP contribution in [0.3, 0.4) is 0 Å². The van der Waals surface area contributed by atoms with E-state index in [0.29, 0.717) is 18.1 Å². The summed E-state index contributed by atoms with van der Waals surface area (Å²) in [5.74, 6) is 1.01. The Morgan fingerprint density at radius 1 is 1.10 bits per heavy atom. The van der Waals surface area contributed by atoms with Crippen molar-refractivity contribution in [1.29, 1.82) is 0 Å². The third-order valence-corrected chi connectivity index (χ3v) is 4.69. The first-order valence-corrected chi connectivity index (χ1v) is 9.95. The molecule has 1 aromatic heterocycles. The number of hydrogen-bond donors (Lipinski definition) is 1. The van der Waals surface area contributed by atoms with Gasteiger partial charge in [0.2, 0.25) is 11.7 Å². The van der Waals surface area contributed by atoms with Gasteiger partial charge in [0.1, 0.15) is 12.3 Å². The van der Waals surface area contributed by atoms with Gasteiger partial charge < -0.3 is 19.7 Å². The van der Waals surface area contributed by atoms with E-state index in [9.17, 15) is 4.79 Å². The molecular weight excluding hydrogens is 384 g/mol. The first kappa shape index (κ1) is 19.8. The van der Waals surface area contributed by atoms with Crippen LogP contribution in [0.4, 0.5) is 11.4 Å². The number of carbonyl (C=O) groups is 1. The van der Waals surface area contributed by atoms with E-state index < -0.39 is 0 Å². The molecule has 4 rings (SSSR count). The van der Waals surface area contributed by atoms with E-state index in [1.807, 2.05) is 43.3 Å². The largest absolute Gasteiger partial charge is 0.494 e. The lowest BCUT2D eigenvalue weighted by molar-refractivity contribution is -0.117. The normalized spacial score (nSPS) is 13.8. The van der Waals surface area contributed by atoms with Crippen molar-refractivity contribution in [3.8, 4) is 17.1 Å². The molecule has 0 unspecified atom stereocenters. The first-order chi connectivity index (χ1) is 14.7. The molecule has 0 spiro atoms. The van der Waals surface area contributed by atoms with Crippen LogP contribution in [-0.2, 0) is 16.1 Å². The number of ether oxygens (including phenoxy) is 2. The van der Waals surface area contributed by atoms with Crippen LogP contribution in [0.2, 0.25) is 0 Å². The van der Waals surface area contributed by atoms with Gasteiger partial charge in [0.15, 0.2) is 0 Å². The molecule has 1 N–H and O–H groups in total. The molecular formula is C21H24N6O3. The van der Waals surface area contributed by atoms with Crippen molar-refractivity contribution in [2.45, 2.75) is 13.5 Å². The molecule has 3 aromatic rings. The third-order valence-electron chi connectivity index (χ3n) is 4.69. The number of tetrazole rings is 1. The number of morpholine rings is 1. The predicted molar refractivity (Wildman–Crippen MR) is 113 cm³/mol. The highest BCUT2D eigenvalue weighted by atomic mass is 16.5. The number of carbonyl (C=O) groups excluding carboxylic acids is 1. The van der Waals surface area contributed by atoms with Crippen LogP contribution in [0.15, 0.2) is 48.5 Å². The zero-order chi connectivity index (χ0) is 20.8. The molecule has 2 heterocycles. The Morgan fingerprint density at radius 2 is 1.83 bits per heavy atom. The maximum Gasteiger partial charge on any atom is 0.248 e. The summed E-state index contributed by atoms with van der Waals surface area (Å²) in [5.41, 5.74) is 2.68. The van der Waals surface area contributed by atoms with E-state index in [2.05, 4.69) is 25.6 Å². The average molecular weight is 408 g/mol. The Balaban J connectivity index is 1.34. The summed E-state index contributed by atoms with van der Waals surface area (Å²) in [4.78, 5) is 15.8. The number of benzene rings is 2. The third kappa shape index (κ3) is 4.93. The highest BCUT2D eigenvalue weighted by Crippen LogP contribution is 2.21. The Hall–Kier alpha value is -3.46. The summed E-state index contributed by atoms with van der Waals surface area (Å²) in [6.45, 7) is 5.77. The van der Waals surface area contributed by atoms with Crippen molar-refractivity contribution in [2.24, 2.45) is 0 Å². The number of hydrogen-bond acceptors (Lipinski definition) is 7. The van der Waals surface area contributed by atoms with E-state index in [1.54, 1.807) is 12.1 Å². The minimum atomic E-state index is -0.231. The maximum atomic E-state index is 12.3. The SMILES string of the molecule is CCOc1ccc(NC(=O)Cn2nnc(-c3ccc(N4CCOCC4)cc3)n2)cc1. The van der Waals surface area contributed by atoms with Crippen LogP contribution in [0.25, 0.3) is 11.4 Å². The van der Waals surface area contributed by atoms with Gasteiger partial charge in [-0.25, -0.2) is 0 Å². The molecule has 0 aliphatic carbocycles. The zero-order valence-corrected chi connectivity index (χ0v) is 16.8. The summed E-state index contributed by atoms with van der Waals surface area (Å²) in [6.07, 6.45) is 0. The van der Waals surface area contributed by atoms with Crippen molar-refractivity contribution in [1.82, 2.24) is 20.2 Å². The van der Waals surface area contributed by atoms with Crippen molar-refractivity contribution in [3.05, 3.63) is 48.5 Å². The summed E-state index contributed by atoms with van der Waals surface area (Å²) in [7, 11) is 0. The number of rotatable bonds is 7. The molecule has 1 saturated heterocycles. The van der Waals surface area contributed by atoms with Crippen molar-refractivity contribution < 1.29 is 14.3 Å². The average Bonchev–Trinajstić information content (AvgIpc) is 3.24. The second-order valence-corrected chi connectivity index (χ2v) is 6.80. The van der Waals surface area contributed by atoms with E-state index in [1.165, 1.54) is 4.80 Å². The van der Waals surface area contributed by atoms with Crippen LogP contribution in [0, 0.1) is 0 Å². The highest BCUT2D eigenvalue weighted by molar-refractivity contribution is 5.90. The summed E-state index contributed by atoms with van der Waals surface area (Å²) in [6, 6.07) is 15.2. The lowest BCUT2D eigenvalue weighted by atomic mass is 10.2. The van der Waals surface area contributed by atoms with Gasteiger partial charge in [-0.3, -0.25) is 4.79 Å². The molecule has 0 saturated carbocycles. The fourth-order valence-electron chi connectivity index (χ4n) is 3.20. The minimum absolute atomic E-state index is 0.0218. The number of nitrogens with zero attached hydrogens (tertiary/aromatic N) is 5. The molecule has 0 atom stereocenters.